The van der Waals surface area contributed by atoms with E-state index in [0.29, 0.717) is 22.5 Å². The van der Waals surface area contributed by atoms with Crippen molar-refractivity contribution in [2.45, 2.75) is 11.8 Å². The highest BCUT2D eigenvalue weighted by molar-refractivity contribution is 7.99. The van der Waals surface area contributed by atoms with Crippen LogP contribution in [0.3, 0.4) is 0 Å². The number of rotatable bonds is 8. The third-order valence-electron chi connectivity index (χ3n) is 4.54. The van der Waals surface area contributed by atoms with Gasteiger partial charge in [-0.25, -0.2) is 4.68 Å². The molecule has 0 saturated heterocycles. The molecule has 0 atom stereocenters. The molecule has 31 heavy (non-hydrogen) atoms. The maximum absolute atomic E-state index is 12.5. The van der Waals surface area contributed by atoms with Crippen molar-refractivity contribution in [3.05, 3.63) is 72.6 Å². The number of nitrogens with two attached hydrogens (primary N) is 1. The summed E-state index contributed by atoms with van der Waals surface area (Å²) in [6, 6.07) is 20.9. The molecule has 4 rings (SSSR count). The number of carbonyl (C=O) groups is 1. The highest BCUT2D eigenvalue weighted by Gasteiger charge is 2.14. The molecule has 1 amide bonds. The van der Waals surface area contributed by atoms with Gasteiger partial charge in [0.25, 0.3) is 0 Å². The molecule has 1 aromatic heterocycles. The van der Waals surface area contributed by atoms with Crippen LogP contribution in [0, 0.1) is 0 Å². The molecule has 0 unspecified atom stereocenters. The van der Waals surface area contributed by atoms with Gasteiger partial charge in [-0.1, -0.05) is 54.2 Å². The Hall–Kier alpha value is -3.72. The number of nitrogen functional groups attached to an aromatic ring is 1. The fourth-order valence-electron chi connectivity index (χ4n) is 2.99. The molecule has 0 fully saturated rings. The van der Waals surface area contributed by atoms with Gasteiger partial charge >= 0.3 is 0 Å². The first-order valence-corrected chi connectivity index (χ1v) is 10.5. The summed E-state index contributed by atoms with van der Waals surface area (Å²) in [5.41, 5.74) is 0.769. The van der Waals surface area contributed by atoms with E-state index >= 15 is 0 Å². The van der Waals surface area contributed by atoms with E-state index in [1.54, 1.807) is 13.2 Å². The van der Waals surface area contributed by atoms with Gasteiger partial charge < -0.3 is 20.6 Å². The summed E-state index contributed by atoms with van der Waals surface area (Å²) in [5.74, 6) is 7.83. The number of thioether (sulfide) groups is 1. The number of amides is 1. The summed E-state index contributed by atoms with van der Waals surface area (Å²) >= 11 is 1.21. The number of nitrogens with one attached hydrogen (secondary N) is 1. The van der Waals surface area contributed by atoms with Crippen LogP contribution in [0.15, 0.2) is 71.9 Å². The molecule has 158 valence electrons. The molecule has 4 aromatic rings. The number of hydrogen-bond acceptors (Lipinski definition) is 7. The van der Waals surface area contributed by atoms with Gasteiger partial charge in [-0.2, -0.15) is 0 Å². The average Bonchev–Trinajstić information content (AvgIpc) is 3.16. The van der Waals surface area contributed by atoms with Crippen molar-refractivity contribution in [3.63, 3.8) is 0 Å². The van der Waals surface area contributed by atoms with Crippen LogP contribution < -0.4 is 20.6 Å². The first-order chi connectivity index (χ1) is 15.1. The van der Waals surface area contributed by atoms with Gasteiger partial charge in [0.1, 0.15) is 18.1 Å². The van der Waals surface area contributed by atoms with Gasteiger partial charge in [-0.05, 0) is 23.6 Å². The molecule has 0 bridgehead atoms. The normalized spacial score (nSPS) is 10.7. The maximum Gasteiger partial charge on any atom is 0.234 e. The van der Waals surface area contributed by atoms with E-state index in [4.69, 9.17) is 15.3 Å². The molecule has 3 aromatic carbocycles. The molecule has 1 heterocycles. The second kappa shape index (κ2) is 9.40. The van der Waals surface area contributed by atoms with Gasteiger partial charge in [0.15, 0.2) is 5.82 Å². The lowest BCUT2D eigenvalue weighted by Crippen LogP contribution is -2.18. The van der Waals surface area contributed by atoms with Crippen molar-refractivity contribution in [2.75, 3.05) is 24.0 Å². The minimum absolute atomic E-state index is 0.138. The Kier molecular flexibility index (Phi) is 6.23. The quantitative estimate of drug-likeness (QED) is 0.323. The van der Waals surface area contributed by atoms with E-state index in [1.807, 2.05) is 60.7 Å². The highest BCUT2D eigenvalue weighted by Crippen LogP contribution is 2.24. The van der Waals surface area contributed by atoms with E-state index in [-0.39, 0.29) is 18.3 Å². The predicted octanol–water partition coefficient (Wildman–Crippen LogP) is 3.46. The number of nitrogens with zero attached hydrogens (tertiary/aromatic N) is 3. The Bertz CT molecular complexity index is 1210. The van der Waals surface area contributed by atoms with Crippen LogP contribution in [0.5, 0.6) is 11.5 Å². The maximum atomic E-state index is 12.5. The summed E-state index contributed by atoms with van der Waals surface area (Å²) in [6.07, 6.45) is 0. The van der Waals surface area contributed by atoms with Crippen molar-refractivity contribution in [1.82, 2.24) is 14.9 Å². The Morgan fingerprint density at radius 2 is 1.84 bits per heavy atom. The lowest BCUT2D eigenvalue weighted by molar-refractivity contribution is -0.113. The van der Waals surface area contributed by atoms with E-state index in [2.05, 4.69) is 15.5 Å². The summed E-state index contributed by atoms with van der Waals surface area (Å²) < 4.78 is 12.2. The minimum Gasteiger partial charge on any atom is -0.497 e. The first-order valence-electron chi connectivity index (χ1n) is 9.50. The Balaban J connectivity index is 1.34. The summed E-state index contributed by atoms with van der Waals surface area (Å²) in [4.78, 5) is 12.5. The van der Waals surface area contributed by atoms with Gasteiger partial charge in [-0.15, -0.1) is 10.2 Å². The van der Waals surface area contributed by atoms with Gasteiger partial charge in [0.2, 0.25) is 11.1 Å². The molecule has 0 radical (unpaired) electrons. The Morgan fingerprint density at radius 1 is 1.06 bits per heavy atom. The highest BCUT2D eigenvalue weighted by atomic mass is 32.2. The zero-order valence-corrected chi connectivity index (χ0v) is 17.6. The SMILES string of the molecule is COc1cccc(OCc2nnc(SCC(=O)Nc3cccc4ccccc34)n2N)c1. The van der Waals surface area contributed by atoms with E-state index in [0.717, 1.165) is 16.5 Å². The second-order valence-electron chi connectivity index (χ2n) is 6.60. The molecule has 0 aliphatic carbocycles. The number of anilines is 1. The van der Waals surface area contributed by atoms with Crippen molar-refractivity contribution in [2.24, 2.45) is 0 Å². The van der Waals surface area contributed by atoms with Gasteiger partial charge in [0, 0.05) is 17.1 Å². The van der Waals surface area contributed by atoms with Crippen LogP contribution in [-0.4, -0.2) is 33.6 Å². The molecule has 0 aliphatic heterocycles. The molecule has 0 saturated carbocycles. The fraction of sp³-hybridized carbons (Fsp3) is 0.136. The number of fused-ring (bicyclic) bond motifs is 1. The average molecular weight is 436 g/mol. The van der Waals surface area contributed by atoms with E-state index in [1.165, 1.54) is 16.4 Å². The predicted molar refractivity (Wildman–Crippen MR) is 121 cm³/mol. The second-order valence-corrected chi connectivity index (χ2v) is 7.54. The van der Waals surface area contributed by atoms with Crippen molar-refractivity contribution < 1.29 is 14.3 Å². The van der Waals surface area contributed by atoms with E-state index < -0.39 is 0 Å². The summed E-state index contributed by atoms with van der Waals surface area (Å²) in [6.45, 7) is 0.138. The largest absolute Gasteiger partial charge is 0.497 e. The van der Waals surface area contributed by atoms with Crippen molar-refractivity contribution in [1.29, 1.82) is 0 Å². The molecule has 0 spiro atoms. The van der Waals surface area contributed by atoms with Crippen LogP contribution in [-0.2, 0) is 11.4 Å². The number of carbonyl (C=O) groups excluding carboxylic acids is 1. The van der Waals surface area contributed by atoms with Crippen molar-refractivity contribution >= 4 is 34.1 Å². The summed E-state index contributed by atoms with van der Waals surface area (Å²) in [7, 11) is 1.59. The zero-order chi connectivity index (χ0) is 21.6. The molecular weight excluding hydrogens is 414 g/mol. The lowest BCUT2D eigenvalue weighted by Gasteiger charge is -2.09. The topological polar surface area (TPSA) is 104 Å². The fourth-order valence-corrected chi connectivity index (χ4v) is 3.67. The van der Waals surface area contributed by atoms with Gasteiger partial charge in [0.05, 0.1) is 12.9 Å². The van der Waals surface area contributed by atoms with Crippen LogP contribution >= 0.6 is 11.8 Å². The minimum atomic E-state index is -0.154. The molecular formula is C22H21N5O3S. The number of benzene rings is 3. The molecule has 9 heteroatoms. The Morgan fingerprint density at radius 3 is 2.71 bits per heavy atom. The van der Waals surface area contributed by atoms with E-state index in [9.17, 15) is 4.79 Å². The number of aromatic nitrogens is 3. The molecule has 3 N–H and O–H groups in total. The number of methoxy groups -OCH3 is 1. The van der Waals surface area contributed by atoms with Gasteiger partial charge in [-0.3, -0.25) is 4.79 Å². The van der Waals surface area contributed by atoms with Crippen molar-refractivity contribution in [3.8, 4) is 11.5 Å². The Labute approximate surface area is 183 Å². The van der Waals surface area contributed by atoms with Crippen LogP contribution in [0.2, 0.25) is 0 Å². The molecule has 8 nitrogen and oxygen atoms in total. The third kappa shape index (κ3) is 4.89. The first kappa shape index (κ1) is 20.5. The monoisotopic (exact) mass is 435 g/mol. The smallest absolute Gasteiger partial charge is 0.234 e. The standard InChI is InChI=1S/C22H21N5O3S/c1-29-16-8-5-9-17(12-16)30-13-20-25-26-22(27(20)23)31-14-21(28)24-19-11-4-7-15-6-2-3-10-18(15)19/h2-12H,13-14,23H2,1H3,(H,24,28). The zero-order valence-electron chi connectivity index (χ0n) is 16.8. The third-order valence-corrected chi connectivity index (χ3v) is 5.48. The van der Waals surface area contributed by atoms with Crippen LogP contribution in [0.1, 0.15) is 5.82 Å². The number of hydrogen-bond donors (Lipinski definition) is 2. The summed E-state index contributed by atoms with van der Waals surface area (Å²) in [5, 5.41) is 13.5. The number of ether oxygens (including phenoxy) is 2. The van der Waals surface area contributed by atoms with Crippen LogP contribution in [0.4, 0.5) is 5.69 Å². The van der Waals surface area contributed by atoms with Crippen LogP contribution in [0.25, 0.3) is 10.8 Å². The molecule has 0 aliphatic rings. The lowest BCUT2D eigenvalue weighted by atomic mass is 10.1.